The van der Waals surface area contributed by atoms with E-state index in [4.69, 9.17) is 0 Å². The lowest BCUT2D eigenvalue weighted by atomic mass is 10.2. The van der Waals surface area contributed by atoms with Gasteiger partial charge in [0.2, 0.25) is 0 Å². The molecule has 0 aliphatic heterocycles. The number of hydrogen-bond acceptors (Lipinski definition) is 2. The first-order chi connectivity index (χ1) is 7.24. The van der Waals surface area contributed by atoms with Crippen LogP contribution in [0.4, 0.5) is 0 Å². The highest BCUT2D eigenvalue weighted by atomic mass is 79.9. The Hall–Kier alpha value is -0.350. The quantitative estimate of drug-likeness (QED) is 0.763. The van der Waals surface area contributed by atoms with Crippen molar-refractivity contribution in [2.45, 2.75) is 20.3 Å². The number of halogens is 1. The first-order valence-corrected chi connectivity index (χ1v) is 7.16. The first-order valence-electron chi connectivity index (χ1n) is 5.16. The van der Waals surface area contributed by atoms with Crippen molar-refractivity contribution in [2.24, 2.45) is 0 Å². The van der Waals surface area contributed by atoms with E-state index in [-0.39, 0.29) is 5.91 Å². The van der Waals surface area contributed by atoms with E-state index < -0.39 is 0 Å². The maximum Gasteiger partial charge on any atom is 0.264 e. The summed E-state index contributed by atoms with van der Waals surface area (Å²) in [6.45, 7) is 5.64. The molecule has 0 saturated carbocycles. The van der Waals surface area contributed by atoms with Gasteiger partial charge in [0.15, 0.2) is 0 Å². The van der Waals surface area contributed by atoms with Crippen LogP contribution in [0.25, 0.3) is 0 Å². The van der Waals surface area contributed by atoms with Gasteiger partial charge in [-0.05, 0) is 30.4 Å². The molecular formula is C11H16BrNOS. The second-order valence-corrected chi connectivity index (χ2v) is 4.91. The SMILES string of the molecule is CCc1ccsc1C(=O)N(CC)CCBr. The van der Waals surface area contributed by atoms with Crippen LogP contribution >= 0.6 is 27.3 Å². The van der Waals surface area contributed by atoms with Gasteiger partial charge in [0.1, 0.15) is 0 Å². The molecule has 0 aromatic carbocycles. The molecule has 0 aliphatic rings. The summed E-state index contributed by atoms with van der Waals surface area (Å²) >= 11 is 4.91. The number of hydrogen-bond donors (Lipinski definition) is 0. The van der Waals surface area contributed by atoms with Crippen molar-refractivity contribution < 1.29 is 4.79 Å². The van der Waals surface area contributed by atoms with Gasteiger partial charge in [0.25, 0.3) is 5.91 Å². The molecule has 0 bridgehead atoms. The molecular weight excluding hydrogens is 274 g/mol. The number of carbonyl (C=O) groups is 1. The van der Waals surface area contributed by atoms with Crippen molar-refractivity contribution in [3.8, 4) is 0 Å². The lowest BCUT2D eigenvalue weighted by Crippen LogP contribution is -2.32. The standard InChI is InChI=1S/C11H16BrNOS/c1-3-9-5-8-15-10(9)11(14)13(4-2)7-6-12/h5,8H,3-4,6-7H2,1-2H3. The van der Waals surface area contributed by atoms with Crippen LogP contribution in [0.2, 0.25) is 0 Å². The summed E-state index contributed by atoms with van der Waals surface area (Å²) in [5.74, 6) is 0.170. The van der Waals surface area contributed by atoms with Crippen LogP contribution in [0.3, 0.4) is 0 Å². The Morgan fingerprint density at radius 3 is 2.80 bits per heavy atom. The Morgan fingerprint density at radius 2 is 2.27 bits per heavy atom. The van der Waals surface area contributed by atoms with E-state index in [9.17, 15) is 4.79 Å². The van der Waals surface area contributed by atoms with Gasteiger partial charge in [-0.25, -0.2) is 0 Å². The Morgan fingerprint density at radius 1 is 1.53 bits per heavy atom. The fourth-order valence-electron chi connectivity index (χ4n) is 1.45. The monoisotopic (exact) mass is 289 g/mol. The molecule has 1 rings (SSSR count). The highest BCUT2D eigenvalue weighted by molar-refractivity contribution is 9.09. The molecule has 0 saturated heterocycles. The molecule has 0 fully saturated rings. The minimum atomic E-state index is 0.170. The molecule has 15 heavy (non-hydrogen) atoms. The number of alkyl halides is 1. The van der Waals surface area contributed by atoms with Crippen molar-refractivity contribution in [3.63, 3.8) is 0 Å². The van der Waals surface area contributed by atoms with E-state index in [1.165, 1.54) is 0 Å². The molecule has 0 aliphatic carbocycles. The van der Waals surface area contributed by atoms with Gasteiger partial charge in [-0.3, -0.25) is 4.79 Å². The average Bonchev–Trinajstić information content (AvgIpc) is 2.72. The van der Waals surface area contributed by atoms with Crippen molar-refractivity contribution in [2.75, 3.05) is 18.4 Å². The molecule has 0 atom stereocenters. The van der Waals surface area contributed by atoms with Gasteiger partial charge in [0, 0.05) is 18.4 Å². The summed E-state index contributed by atoms with van der Waals surface area (Å²) in [4.78, 5) is 14.9. The van der Waals surface area contributed by atoms with Crippen molar-refractivity contribution in [1.29, 1.82) is 0 Å². The van der Waals surface area contributed by atoms with E-state index in [0.29, 0.717) is 0 Å². The average molecular weight is 290 g/mol. The van der Waals surface area contributed by atoms with E-state index >= 15 is 0 Å². The van der Waals surface area contributed by atoms with Crippen LogP contribution < -0.4 is 0 Å². The zero-order chi connectivity index (χ0) is 11.3. The summed E-state index contributed by atoms with van der Waals surface area (Å²) in [5.41, 5.74) is 1.16. The van der Waals surface area contributed by atoms with Crippen LogP contribution in [-0.4, -0.2) is 29.2 Å². The number of aryl methyl sites for hydroxylation is 1. The molecule has 0 radical (unpaired) electrons. The number of thiophene rings is 1. The van der Waals surface area contributed by atoms with Gasteiger partial charge < -0.3 is 4.90 Å². The highest BCUT2D eigenvalue weighted by Crippen LogP contribution is 2.19. The summed E-state index contributed by atoms with van der Waals surface area (Å²) in [7, 11) is 0. The first kappa shape index (κ1) is 12.7. The van der Waals surface area contributed by atoms with Gasteiger partial charge in [0.05, 0.1) is 4.88 Å². The van der Waals surface area contributed by atoms with Crippen molar-refractivity contribution in [3.05, 3.63) is 21.9 Å². The zero-order valence-electron chi connectivity index (χ0n) is 9.12. The Kier molecular flexibility index (Phi) is 5.32. The summed E-state index contributed by atoms with van der Waals surface area (Å²) in [6.07, 6.45) is 0.927. The number of carbonyl (C=O) groups excluding carboxylic acids is 1. The van der Waals surface area contributed by atoms with Gasteiger partial charge >= 0.3 is 0 Å². The summed E-state index contributed by atoms with van der Waals surface area (Å²) in [6, 6.07) is 2.04. The molecule has 1 amide bonds. The summed E-state index contributed by atoms with van der Waals surface area (Å²) in [5, 5.41) is 2.83. The Balaban J connectivity index is 2.82. The van der Waals surface area contributed by atoms with E-state index in [2.05, 4.69) is 22.9 Å². The summed E-state index contributed by atoms with van der Waals surface area (Å²) < 4.78 is 0. The predicted octanol–water partition coefficient (Wildman–Crippen LogP) is 3.17. The lowest BCUT2D eigenvalue weighted by molar-refractivity contribution is 0.0779. The maximum absolute atomic E-state index is 12.1. The van der Waals surface area contributed by atoms with Crippen LogP contribution in [0, 0.1) is 0 Å². The Bertz CT molecular complexity index is 324. The number of amides is 1. The second-order valence-electron chi connectivity index (χ2n) is 3.20. The largest absolute Gasteiger partial charge is 0.337 e. The molecule has 0 spiro atoms. The molecule has 1 aromatic heterocycles. The minimum absolute atomic E-state index is 0.170. The van der Waals surface area contributed by atoms with E-state index in [0.717, 1.165) is 35.3 Å². The molecule has 2 nitrogen and oxygen atoms in total. The van der Waals surface area contributed by atoms with Gasteiger partial charge in [-0.2, -0.15) is 0 Å². The van der Waals surface area contributed by atoms with Crippen LogP contribution in [-0.2, 0) is 6.42 Å². The highest BCUT2D eigenvalue weighted by Gasteiger charge is 2.17. The van der Waals surface area contributed by atoms with Crippen LogP contribution in [0.1, 0.15) is 29.1 Å². The fourth-order valence-corrected chi connectivity index (χ4v) is 2.84. The van der Waals surface area contributed by atoms with E-state index in [1.807, 2.05) is 23.3 Å². The van der Waals surface area contributed by atoms with E-state index in [1.54, 1.807) is 11.3 Å². The predicted molar refractivity (Wildman–Crippen MR) is 69.1 cm³/mol. The van der Waals surface area contributed by atoms with Crippen LogP contribution in [0.5, 0.6) is 0 Å². The third-order valence-electron chi connectivity index (χ3n) is 2.35. The number of rotatable bonds is 5. The molecule has 1 heterocycles. The van der Waals surface area contributed by atoms with Crippen molar-refractivity contribution >= 4 is 33.2 Å². The lowest BCUT2D eigenvalue weighted by Gasteiger charge is -2.19. The molecule has 1 aromatic rings. The smallest absolute Gasteiger partial charge is 0.264 e. The third-order valence-corrected chi connectivity index (χ3v) is 3.64. The fraction of sp³-hybridized carbons (Fsp3) is 0.545. The minimum Gasteiger partial charge on any atom is -0.337 e. The Labute approximate surface area is 103 Å². The van der Waals surface area contributed by atoms with Crippen LogP contribution in [0.15, 0.2) is 11.4 Å². The maximum atomic E-state index is 12.1. The van der Waals surface area contributed by atoms with Crippen molar-refractivity contribution in [1.82, 2.24) is 4.90 Å². The molecule has 84 valence electrons. The zero-order valence-corrected chi connectivity index (χ0v) is 11.5. The molecule has 0 unspecified atom stereocenters. The normalized spacial score (nSPS) is 10.3. The molecule has 4 heteroatoms. The molecule has 0 N–H and O–H groups in total. The van der Waals surface area contributed by atoms with Gasteiger partial charge in [-0.1, -0.05) is 22.9 Å². The number of nitrogens with zero attached hydrogens (tertiary/aromatic N) is 1. The topological polar surface area (TPSA) is 20.3 Å². The van der Waals surface area contributed by atoms with Gasteiger partial charge in [-0.15, -0.1) is 11.3 Å². The second kappa shape index (κ2) is 6.28. The third kappa shape index (κ3) is 3.05.